The Kier molecular flexibility index (Phi) is 4.71. The first kappa shape index (κ1) is 17.1. The molecule has 2 aromatic rings. The van der Waals surface area contributed by atoms with Crippen molar-refractivity contribution in [2.45, 2.75) is 45.9 Å². The van der Waals surface area contributed by atoms with Crippen LogP contribution in [0, 0.1) is 13.8 Å². The lowest BCUT2D eigenvalue weighted by Crippen LogP contribution is -2.60. The summed E-state index contributed by atoms with van der Waals surface area (Å²) in [6.45, 7) is 11.3. The highest BCUT2D eigenvalue weighted by Gasteiger charge is 2.30. The third kappa shape index (κ3) is 3.83. The van der Waals surface area contributed by atoms with Gasteiger partial charge in [-0.2, -0.15) is 5.10 Å². The van der Waals surface area contributed by atoms with Gasteiger partial charge >= 0.3 is 0 Å². The average Bonchev–Trinajstić information content (AvgIpc) is 2.76. The van der Waals surface area contributed by atoms with Crippen molar-refractivity contribution in [2.24, 2.45) is 0 Å². The van der Waals surface area contributed by atoms with Crippen LogP contribution in [0.5, 0.6) is 0 Å². The Morgan fingerprint density at radius 1 is 1.29 bits per heavy atom. The first-order valence-corrected chi connectivity index (χ1v) is 8.48. The predicted molar refractivity (Wildman–Crippen MR) is 94.2 cm³/mol. The lowest BCUT2D eigenvalue weighted by Gasteiger charge is -2.42. The van der Waals surface area contributed by atoms with Crippen LogP contribution in [-0.2, 0) is 6.54 Å². The molecule has 130 valence electrons. The number of aliphatic hydroxyl groups is 1. The van der Waals surface area contributed by atoms with Crippen LogP contribution in [-0.4, -0.2) is 56.0 Å². The second-order valence-corrected chi connectivity index (χ2v) is 7.33. The fourth-order valence-corrected chi connectivity index (χ4v) is 3.25. The van der Waals surface area contributed by atoms with Crippen molar-refractivity contribution >= 4 is 0 Å². The molecule has 0 spiro atoms. The number of aromatic nitrogens is 3. The SMILES string of the molecule is Cc1nn(-c2ccccn2)c(C)c1CNC1CN(CC(C)(C)O)C1. The summed E-state index contributed by atoms with van der Waals surface area (Å²) < 4.78 is 1.91. The lowest BCUT2D eigenvalue weighted by atomic mass is 10.0. The zero-order valence-corrected chi connectivity index (χ0v) is 15.0. The van der Waals surface area contributed by atoms with E-state index in [2.05, 4.69) is 27.2 Å². The van der Waals surface area contributed by atoms with E-state index in [1.807, 2.05) is 43.7 Å². The van der Waals surface area contributed by atoms with E-state index >= 15 is 0 Å². The van der Waals surface area contributed by atoms with Gasteiger partial charge in [-0.1, -0.05) is 6.07 Å². The molecular weight excluding hydrogens is 302 g/mol. The van der Waals surface area contributed by atoms with Gasteiger partial charge in [0.25, 0.3) is 0 Å². The molecule has 0 atom stereocenters. The smallest absolute Gasteiger partial charge is 0.153 e. The van der Waals surface area contributed by atoms with Crippen LogP contribution < -0.4 is 5.32 Å². The second-order valence-electron chi connectivity index (χ2n) is 7.33. The Bertz CT molecular complexity index is 683. The van der Waals surface area contributed by atoms with Gasteiger partial charge in [0.05, 0.1) is 11.3 Å². The molecule has 0 saturated carbocycles. The molecule has 1 fully saturated rings. The minimum absolute atomic E-state index is 0.476. The molecule has 0 radical (unpaired) electrons. The number of nitrogens with one attached hydrogen (secondary N) is 1. The highest BCUT2D eigenvalue weighted by atomic mass is 16.3. The minimum Gasteiger partial charge on any atom is -0.389 e. The van der Waals surface area contributed by atoms with Crippen LogP contribution in [0.15, 0.2) is 24.4 Å². The largest absolute Gasteiger partial charge is 0.389 e. The fraction of sp³-hybridized carbons (Fsp3) is 0.556. The van der Waals surface area contributed by atoms with Crippen molar-refractivity contribution in [2.75, 3.05) is 19.6 Å². The van der Waals surface area contributed by atoms with Crippen molar-refractivity contribution in [3.05, 3.63) is 41.3 Å². The summed E-state index contributed by atoms with van der Waals surface area (Å²) in [7, 11) is 0. The molecule has 1 aliphatic rings. The van der Waals surface area contributed by atoms with Crippen molar-refractivity contribution < 1.29 is 5.11 Å². The van der Waals surface area contributed by atoms with Crippen LogP contribution in [0.2, 0.25) is 0 Å². The van der Waals surface area contributed by atoms with E-state index in [0.717, 1.165) is 43.4 Å². The van der Waals surface area contributed by atoms with Gasteiger partial charge in [-0.15, -0.1) is 0 Å². The molecule has 3 rings (SSSR count). The van der Waals surface area contributed by atoms with Crippen LogP contribution in [0.3, 0.4) is 0 Å². The van der Waals surface area contributed by atoms with E-state index in [0.29, 0.717) is 6.04 Å². The summed E-state index contributed by atoms with van der Waals surface area (Å²) in [4.78, 5) is 6.65. The van der Waals surface area contributed by atoms with E-state index in [1.165, 1.54) is 5.56 Å². The number of hydrogen-bond acceptors (Lipinski definition) is 5. The molecule has 0 amide bonds. The first-order valence-electron chi connectivity index (χ1n) is 8.48. The first-order chi connectivity index (χ1) is 11.3. The van der Waals surface area contributed by atoms with E-state index in [4.69, 9.17) is 0 Å². The molecule has 0 aromatic carbocycles. The average molecular weight is 329 g/mol. The Morgan fingerprint density at radius 3 is 2.67 bits per heavy atom. The highest BCUT2D eigenvalue weighted by Crippen LogP contribution is 2.18. The Balaban J connectivity index is 1.58. The molecule has 24 heavy (non-hydrogen) atoms. The van der Waals surface area contributed by atoms with E-state index in [-0.39, 0.29) is 0 Å². The quantitative estimate of drug-likeness (QED) is 0.839. The van der Waals surface area contributed by atoms with Gasteiger partial charge in [0.15, 0.2) is 5.82 Å². The summed E-state index contributed by atoms with van der Waals surface area (Å²) in [5.41, 5.74) is 2.79. The standard InChI is InChI=1S/C18H27N5O/c1-13-16(9-20-15-10-22(11-15)12-18(3,4)24)14(2)23(21-13)17-7-5-6-8-19-17/h5-8,15,20,24H,9-12H2,1-4H3. The Hall–Kier alpha value is -1.76. The van der Waals surface area contributed by atoms with Gasteiger partial charge in [0.2, 0.25) is 0 Å². The van der Waals surface area contributed by atoms with Crippen molar-refractivity contribution in [3.8, 4) is 5.82 Å². The molecule has 0 unspecified atom stereocenters. The Morgan fingerprint density at radius 2 is 2.04 bits per heavy atom. The zero-order valence-electron chi connectivity index (χ0n) is 15.0. The topological polar surface area (TPSA) is 66.2 Å². The van der Waals surface area contributed by atoms with Crippen molar-refractivity contribution in [3.63, 3.8) is 0 Å². The fourth-order valence-electron chi connectivity index (χ4n) is 3.25. The number of aryl methyl sites for hydroxylation is 1. The van der Waals surface area contributed by atoms with Crippen LogP contribution >= 0.6 is 0 Å². The van der Waals surface area contributed by atoms with Gasteiger partial charge in [-0.3, -0.25) is 4.90 Å². The summed E-state index contributed by atoms with van der Waals surface area (Å²) in [6.07, 6.45) is 1.79. The predicted octanol–water partition coefficient (Wildman–Crippen LogP) is 1.43. The summed E-state index contributed by atoms with van der Waals surface area (Å²) in [6, 6.07) is 6.33. The monoisotopic (exact) mass is 329 g/mol. The molecule has 1 aliphatic heterocycles. The lowest BCUT2D eigenvalue weighted by molar-refractivity contribution is 0.00249. The minimum atomic E-state index is -0.623. The van der Waals surface area contributed by atoms with Gasteiger partial charge in [-0.25, -0.2) is 9.67 Å². The molecular formula is C18H27N5O. The Labute approximate surface area is 143 Å². The zero-order chi connectivity index (χ0) is 17.3. The number of rotatable bonds is 6. The van der Waals surface area contributed by atoms with E-state index in [1.54, 1.807) is 6.20 Å². The van der Waals surface area contributed by atoms with Crippen LogP contribution in [0.25, 0.3) is 5.82 Å². The van der Waals surface area contributed by atoms with Crippen molar-refractivity contribution in [1.29, 1.82) is 0 Å². The molecule has 0 bridgehead atoms. The maximum atomic E-state index is 9.85. The maximum absolute atomic E-state index is 9.85. The third-order valence-electron chi connectivity index (χ3n) is 4.44. The van der Waals surface area contributed by atoms with Crippen molar-refractivity contribution in [1.82, 2.24) is 25.0 Å². The van der Waals surface area contributed by atoms with Crippen LogP contribution in [0.4, 0.5) is 0 Å². The van der Waals surface area contributed by atoms with Gasteiger partial charge in [0, 0.05) is 49.7 Å². The summed E-state index contributed by atoms with van der Waals surface area (Å²) in [5.74, 6) is 0.851. The van der Waals surface area contributed by atoms with Gasteiger partial charge in [0.1, 0.15) is 0 Å². The number of β-amino-alcohol motifs (C(OH)–C–C–N with tert-alkyl or cyclic N) is 1. The maximum Gasteiger partial charge on any atom is 0.153 e. The third-order valence-corrected chi connectivity index (χ3v) is 4.44. The molecule has 6 heteroatoms. The molecule has 0 aliphatic carbocycles. The van der Waals surface area contributed by atoms with Crippen LogP contribution in [0.1, 0.15) is 30.8 Å². The summed E-state index contributed by atoms with van der Waals surface area (Å²) in [5, 5.41) is 18.1. The number of likely N-dealkylation sites (tertiary alicyclic amines) is 1. The second kappa shape index (κ2) is 6.63. The van der Waals surface area contributed by atoms with E-state index < -0.39 is 5.60 Å². The molecule has 6 nitrogen and oxygen atoms in total. The highest BCUT2D eigenvalue weighted by molar-refractivity contribution is 5.32. The van der Waals surface area contributed by atoms with E-state index in [9.17, 15) is 5.11 Å². The number of hydrogen-bond donors (Lipinski definition) is 2. The van der Waals surface area contributed by atoms with Gasteiger partial charge < -0.3 is 10.4 Å². The normalized spacial score (nSPS) is 16.4. The molecule has 1 saturated heterocycles. The molecule has 2 N–H and O–H groups in total. The van der Waals surface area contributed by atoms with Gasteiger partial charge in [-0.05, 0) is 39.8 Å². The number of nitrogens with zero attached hydrogens (tertiary/aromatic N) is 4. The summed E-state index contributed by atoms with van der Waals surface area (Å²) >= 11 is 0. The number of pyridine rings is 1. The molecule has 2 aromatic heterocycles. The molecule has 3 heterocycles.